The smallest absolute Gasteiger partial charge is 0.223 e. The van der Waals surface area contributed by atoms with E-state index in [-0.39, 0.29) is 17.4 Å². The quantitative estimate of drug-likeness (QED) is 0.822. The Bertz CT molecular complexity index is 505. The lowest BCUT2D eigenvalue weighted by Crippen LogP contribution is -2.48. The minimum atomic E-state index is -0.101. The topological polar surface area (TPSA) is 58.4 Å². The summed E-state index contributed by atoms with van der Waals surface area (Å²) in [7, 11) is 0. The fourth-order valence-electron chi connectivity index (χ4n) is 2.83. The van der Waals surface area contributed by atoms with Crippen LogP contribution in [0.4, 0.5) is 5.69 Å². The zero-order chi connectivity index (χ0) is 16.2. The van der Waals surface area contributed by atoms with Crippen LogP contribution in [-0.2, 0) is 11.3 Å². The maximum Gasteiger partial charge on any atom is 0.223 e. The zero-order valence-electron chi connectivity index (χ0n) is 14.1. The number of nitrogens with one attached hydrogen (secondary N) is 1. The molecule has 1 aliphatic rings. The van der Waals surface area contributed by atoms with Gasteiger partial charge >= 0.3 is 0 Å². The summed E-state index contributed by atoms with van der Waals surface area (Å²) >= 11 is 0. The molecule has 0 radical (unpaired) electrons. The first-order valence-corrected chi connectivity index (χ1v) is 8.28. The number of nitrogens with two attached hydrogens (primary N) is 1. The Morgan fingerprint density at radius 3 is 2.64 bits per heavy atom. The molecule has 1 saturated heterocycles. The average molecular weight is 303 g/mol. The number of piperidine rings is 1. The van der Waals surface area contributed by atoms with Crippen molar-refractivity contribution >= 4 is 11.6 Å². The molecule has 1 aliphatic heterocycles. The molecule has 1 fully saturated rings. The van der Waals surface area contributed by atoms with Gasteiger partial charge in [-0.2, -0.15) is 0 Å². The summed E-state index contributed by atoms with van der Waals surface area (Å²) in [5.74, 6) is 0.373. The number of anilines is 1. The van der Waals surface area contributed by atoms with E-state index in [0.29, 0.717) is 0 Å². The van der Waals surface area contributed by atoms with Crippen LogP contribution in [0.15, 0.2) is 24.3 Å². The van der Waals surface area contributed by atoms with Gasteiger partial charge in [-0.3, -0.25) is 9.69 Å². The van der Waals surface area contributed by atoms with Crippen molar-refractivity contribution in [2.75, 3.05) is 18.8 Å². The number of carbonyl (C=O) groups excluding carboxylic acids is 1. The molecule has 0 spiro atoms. The maximum absolute atomic E-state index is 12.3. The first-order valence-electron chi connectivity index (χ1n) is 8.28. The lowest BCUT2D eigenvalue weighted by Gasteiger charge is -2.33. The highest BCUT2D eigenvalue weighted by Gasteiger charge is 2.28. The first-order chi connectivity index (χ1) is 10.4. The summed E-state index contributed by atoms with van der Waals surface area (Å²) in [4.78, 5) is 14.7. The van der Waals surface area contributed by atoms with E-state index >= 15 is 0 Å². The Kier molecular flexibility index (Phi) is 5.46. The number of likely N-dealkylation sites (tertiary alicyclic amines) is 1. The number of amides is 1. The SMILES string of the molecule is CCC(C)(C)NC(=O)C1CCN(Cc2cccc(N)c2)CC1. The predicted molar refractivity (Wildman–Crippen MR) is 91.4 cm³/mol. The van der Waals surface area contributed by atoms with Crippen LogP contribution in [0.5, 0.6) is 0 Å². The van der Waals surface area contributed by atoms with Crippen LogP contribution < -0.4 is 11.1 Å². The molecule has 22 heavy (non-hydrogen) atoms. The molecular formula is C18H29N3O. The first kappa shape index (κ1) is 16.8. The molecule has 122 valence electrons. The van der Waals surface area contributed by atoms with Gasteiger partial charge in [-0.1, -0.05) is 19.1 Å². The third-order valence-electron chi connectivity index (χ3n) is 4.66. The van der Waals surface area contributed by atoms with Crippen LogP contribution in [0.3, 0.4) is 0 Å². The Labute approximate surface area is 134 Å². The fourth-order valence-corrected chi connectivity index (χ4v) is 2.83. The van der Waals surface area contributed by atoms with Gasteiger partial charge in [-0.05, 0) is 63.9 Å². The molecule has 3 N–H and O–H groups in total. The lowest BCUT2D eigenvalue weighted by molar-refractivity contribution is -0.128. The van der Waals surface area contributed by atoms with Gasteiger partial charge in [0.2, 0.25) is 5.91 Å². The van der Waals surface area contributed by atoms with Crippen LogP contribution in [0.25, 0.3) is 0 Å². The van der Waals surface area contributed by atoms with E-state index in [1.54, 1.807) is 0 Å². The van der Waals surface area contributed by atoms with Crippen LogP contribution in [0.1, 0.15) is 45.6 Å². The molecule has 0 atom stereocenters. The second-order valence-corrected chi connectivity index (χ2v) is 7.02. The standard InChI is InChI=1S/C18H29N3O/c1-4-18(2,3)20-17(22)15-8-10-21(11-9-15)13-14-6-5-7-16(19)12-14/h5-7,12,15H,4,8-11,13,19H2,1-3H3,(H,20,22). The molecule has 1 amide bonds. The van der Waals surface area contributed by atoms with Crippen molar-refractivity contribution in [1.29, 1.82) is 0 Å². The Balaban J connectivity index is 1.81. The van der Waals surface area contributed by atoms with Gasteiger partial charge in [0, 0.05) is 23.7 Å². The molecule has 0 saturated carbocycles. The highest BCUT2D eigenvalue weighted by molar-refractivity contribution is 5.79. The van der Waals surface area contributed by atoms with Crippen LogP contribution in [0.2, 0.25) is 0 Å². The average Bonchev–Trinajstić information content (AvgIpc) is 2.47. The number of carbonyl (C=O) groups is 1. The Morgan fingerprint density at radius 2 is 2.05 bits per heavy atom. The molecule has 2 rings (SSSR count). The second-order valence-electron chi connectivity index (χ2n) is 7.02. The van der Waals surface area contributed by atoms with Crippen LogP contribution >= 0.6 is 0 Å². The number of nitrogens with zero attached hydrogens (tertiary/aromatic N) is 1. The third kappa shape index (κ3) is 4.73. The van der Waals surface area contributed by atoms with Gasteiger partial charge < -0.3 is 11.1 Å². The molecule has 0 unspecified atom stereocenters. The second kappa shape index (κ2) is 7.14. The summed E-state index contributed by atoms with van der Waals surface area (Å²) in [6.45, 7) is 9.13. The van der Waals surface area contributed by atoms with Gasteiger partial charge in [-0.15, -0.1) is 0 Å². The minimum Gasteiger partial charge on any atom is -0.399 e. The molecular weight excluding hydrogens is 274 g/mol. The van der Waals surface area contributed by atoms with Gasteiger partial charge in [0.1, 0.15) is 0 Å². The van der Waals surface area contributed by atoms with Crippen molar-refractivity contribution in [2.24, 2.45) is 5.92 Å². The molecule has 0 aliphatic carbocycles. The summed E-state index contributed by atoms with van der Waals surface area (Å²) in [6.07, 6.45) is 2.83. The third-order valence-corrected chi connectivity index (χ3v) is 4.66. The molecule has 4 nitrogen and oxygen atoms in total. The number of hydrogen-bond acceptors (Lipinski definition) is 3. The molecule has 1 heterocycles. The Hall–Kier alpha value is -1.55. The van der Waals surface area contributed by atoms with Crippen LogP contribution in [0, 0.1) is 5.92 Å². The van der Waals surface area contributed by atoms with Gasteiger partial charge in [0.05, 0.1) is 0 Å². The van der Waals surface area contributed by atoms with E-state index in [4.69, 9.17) is 5.73 Å². The maximum atomic E-state index is 12.3. The van der Waals surface area contributed by atoms with Crippen molar-refractivity contribution in [2.45, 2.75) is 52.1 Å². The molecule has 4 heteroatoms. The van der Waals surface area contributed by atoms with Crippen molar-refractivity contribution in [3.05, 3.63) is 29.8 Å². The highest BCUT2D eigenvalue weighted by atomic mass is 16.2. The predicted octanol–water partition coefficient (Wildman–Crippen LogP) is 2.79. The molecule has 1 aromatic carbocycles. The van der Waals surface area contributed by atoms with Crippen molar-refractivity contribution in [3.63, 3.8) is 0 Å². The highest BCUT2D eigenvalue weighted by Crippen LogP contribution is 2.21. The zero-order valence-corrected chi connectivity index (χ0v) is 14.1. The monoisotopic (exact) mass is 303 g/mol. The minimum absolute atomic E-state index is 0.101. The van der Waals surface area contributed by atoms with E-state index in [1.165, 1.54) is 5.56 Å². The summed E-state index contributed by atoms with van der Waals surface area (Å²) < 4.78 is 0. The van der Waals surface area contributed by atoms with Crippen LogP contribution in [-0.4, -0.2) is 29.4 Å². The van der Waals surface area contributed by atoms with E-state index in [2.05, 4.69) is 37.1 Å². The molecule has 0 bridgehead atoms. The Morgan fingerprint density at radius 1 is 1.36 bits per heavy atom. The number of benzene rings is 1. The number of nitrogen functional groups attached to an aromatic ring is 1. The van der Waals surface area contributed by atoms with E-state index < -0.39 is 0 Å². The van der Waals surface area contributed by atoms with Gasteiger partial charge in [-0.25, -0.2) is 0 Å². The van der Waals surface area contributed by atoms with E-state index in [1.807, 2.05) is 18.2 Å². The summed E-state index contributed by atoms with van der Waals surface area (Å²) in [5, 5.41) is 3.17. The van der Waals surface area contributed by atoms with E-state index in [0.717, 1.165) is 44.6 Å². The largest absolute Gasteiger partial charge is 0.399 e. The number of hydrogen-bond donors (Lipinski definition) is 2. The number of rotatable bonds is 5. The van der Waals surface area contributed by atoms with Crippen molar-refractivity contribution < 1.29 is 4.79 Å². The summed E-state index contributed by atoms with van der Waals surface area (Å²) in [6, 6.07) is 8.05. The van der Waals surface area contributed by atoms with Crippen molar-refractivity contribution in [1.82, 2.24) is 10.2 Å². The molecule has 1 aromatic rings. The van der Waals surface area contributed by atoms with Gasteiger partial charge in [0.15, 0.2) is 0 Å². The van der Waals surface area contributed by atoms with Gasteiger partial charge in [0.25, 0.3) is 0 Å². The fraction of sp³-hybridized carbons (Fsp3) is 0.611. The van der Waals surface area contributed by atoms with Crippen molar-refractivity contribution in [3.8, 4) is 0 Å². The summed E-state index contributed by atoms with van der Waals surface area (Å²) in [5.41, 5.74) is 7.78. The normalized spacial score (nSPS) is 17.4. The molecule has 0 aromatic heterocycles. The lowest BCUT2D eigenvalue weighted by atomic mass is 9.93. The van der Waals surface area contributed by atoms with E-state index in [9.17, 15) is 4.79 Å².